The van der Waals surface area contributed by atoms with Crippen molar-refractivity contribution in [3.8, 4) is 0 Å². The summed E-state index contributed by atoms with van der Waals surface area (Å²) in [4.78, 5) is 6.93. The Morgan fingerprint density at radius 1 is 1.12 bits per heavy atom. The molecule has 1 aliphatic rings. The molecule has 1 aromatic carbocycles. The lowest BCUT2D eigenvalue weighted by Gasteiger charge is -2.21. The Kier molecular flexibility index (Phi) is 4.93. The normalized spacial score (nSPS) is 15.9. The van der Waals surface area contributed by atoms with Crippen molar-refractivity contribution < 1.29 is 4.42 Å². The Hall–Kier alpha value is -2.33. The van der Waals surface area contributed by atoms with Gasteiger partial charge in [0.2, 0.25) is 0 Å². The van der Waals surface area contributed by atoms with Crippen LogP contribution in [0.5, 0.6) is 0 Å². The van der Waals surface area contributed by atoms with Crippen molar-refractivity contribution in [2.75, 3.05) is 18.0 Å². The quantitative estimate of drug-likeness (QED) is 0.686. The molecule has 1 N–H and O–H groups in total. The second kappa shape index (κ2) is 7.50. The second-order valence-corrected chi connectivity index (χ2v) is 7.51. The van der Waals surface area contributed by atoms with Crippen molar-refractivity contribution in [1.82, 2.24) is 10.3 Å². The Balaban J connectivity index is 1.49. The zero-order valence-electron chi connectivity index (χ0n) is 15.6. The molecule has 4 nitrogen and oxygen atoms in total. The van der Waals surface area contributed by atoms with Gasteiger partial charge in [-0.05, 0) is 48.6 Å². The van der Waals surface area contributed by atoms with Crippen molar-refractivity contribution in [3.63, 3.8) is 0 Å². The summed E-state index contributed by atoms with van der Waals surface area (Å²) in [6.45, 7) is 7.51. The van der Waals surface area contributed by atoms with Gasteiger partial charge < -0.3 is 14.6 Å². The monoisotopic (exact) mass is 349 g/mol. The van der Waals surface area contributed by atoms with Crippen LogP contribution >= 0.6 is 0 Å². The number of nitrogens with one attached hydrogen (secondary N) is 1. The summed E-state index contributed by atoms with van der Waals surface area (Å²) >= 11 is 0. The van der Waals surface area contributed by atoms with E-state index >= 15 is 0 Å². The van der Waals surface area contributed by atoms with Gasteiger partial charge in [-0.1, -0.05) is 32.0 Å². The molecule has 26 heavy (non-hydrogen) atoms. The predicted molar refractivity (Wildman–Crippen MR) is 106 cm³/mol. The molecule has 4 rings (SSSR count). The van der Waals surface area contributed by atoms with E-state index in [1.165, 1.54) is 18.4 Å². The Morgan fingerprint density at radius 3 is 2.69 bits per heavy atom. The molecule has 0 spiro atoms. The number of hydrogen-bond acceptors (Lipinski definition) is 4. The number of para-hydroxylation sites is 1. The van der Waals surface area contributed by atoms with E-state index in [1.54, 1.807) is 0 Å². The first-order valence-electron chi connectivity index (χ1n) is 9.62. The standard InChI is InChI=1S/C22H27N3O/c1-16(2)22(20-14-18-7-3-4-8-19(18)26-20)24-15-17-9-10-23-21(13-17)25-11-5-6-12-25/h3-4,7-10,13-14,16,22,24H,5-6,11-12,15H2,1-2H3. The maximum absolute atomic E-state index is 6.10. The van der Waals surface area contributed by atoms with Gasteiger partial charge in [-0.3, -0.25) is 0 Å². The first-order chi connectivity index (χ1) is 12.7. The summed E-state index contributed by atoms with van der Waals surface area (Å²) < 4.78 is 6.10. The van der Waals surface area contributed by atoms with E-state index in [9.17, 15) is 0 Å². The minimum absolute atomic E-state index is 0.186. The molecular formula is C22H27N3O. The summed E-state index contributed by atoms with van der Waals surface area (Å²) in [6, 6.07) is 14.9. The zero-order chi connectivity index (χ0) is 17.9. The van der Waals surface area contributed by atoms with E-state index in [0.29, 0.717) is 5.92 Å². The summed E-state index contributed by atoms with van der Waals surface area (Å²) in [5.74, 6) is 2.55. The van der Waals surface area contributed by atoms with Crippen LogP contribution in [0.15, 0.2) is 53.1 Å². The molecular weight excluding hydrogens is 322 g/mol. The molecule has 0 amide bonds. The third-order valence-electron chi connectivity index (χ3n) is 5.18. The number of rotatable bonds is 6. The van der Waals surface area contributed by atoms with Crippen molar-refractivity contribution in [1.29, 1.82) is 0 Å². The number of aromatic nitrogens is 1. The molecule has 3 heterocycles. The van der Waals surface area contributed by atoms with Gasteiger partial charge in [-0.2, -0.15) is 0 Å². The lowest BCUT2D eigenvalue weighted by molar-refractivity contribution is 0.349. The highest BCUT2D eigenvalue weighted by molar-refractivity contribution is 5.77. The summed E-state index contributed by atoms with van der Waals surface area (Å²) in [5.41, 5.74) is 2.22. The fourth-order valence-corrected chi connectivity index (χ4v) is 3.74. The number of hydrogen-bond donors (Lipinski definition) is 1. The number of furan rings is 1. The summed E-state index contributed by atoms with van der Waals surface area (Å²) in [6.07, 6.45) is 4.47. The molecule has 0 bridgehead atoms. The van der Waals surface area contributed by atoms with Crippen LogP contribution in [0.25, 0.3) is 11.0 Å². The first-order valence-corrected chi connectivity index (χ1v) is 9.62. The molecule has 136 valence electrons. The fraction of sp³-hybridized carbons (Fsp3) is 0.409. The van der Waals surface area contributed by atoms with Gasteiger partial charge in [-0.15, -0.1) is 0 Å². The molecule has 3 aromatic rings. The lowest BCUT2D eigenvalue weighted by atomic mass is 10.0. The van der Waals surface area contributed by atoms with Crippen molar-refractivity contribution >= 4 is 16.8 Å². The van der Waals surface area contributed by atoms with E-state index in [4.69, 9.17) is 4.42 Å². The molecule has 1 aliphatic heterocycles. The zero-order valence-corrected chi connectivity index (χ0v) is 15.6. The minimum atomic E-state index is 0.186. The SMILES string of the molecule is CC(C)C(NCc1ccnc(N2CCCC2)c1)c1cc2ccccc2o1. The van der Waals surface area contributed by atoms with E-state index in [0.717, 1.165) is 42.2 Å². The molecule has 0 aliphatic carbocycles. The molecule has 1 atom stereocenters. The lowest BCUT2D eigenvalue weighted by Crippen LogP contribution is -2.25. The summed E-state index contributed by atoms with van der Waals surface area (Å²) in [5, 5.41) is 4.85. The molecule has 2 aromatic heterocycles. The molecule has 1 saturated heterocycles. The van der Waals surface area contributed by atoms with E-state index in [2.05, 4.69) is 59.4 Å². The second-order valence-electron chi connectivity index (χ2n) is 7.51. The van der Waals surface area contributed by atoms with Crippen LogP contribution < -0.4 is 10.2 Å². The van der Waals surface area contributed by atoms with Gasteiger partial charge in [0, 0.05) is 31.2 Å². The number of pyridine rings is 1. The van der Waals surface area contributed by atoms with Gasteiger partial charge in [0.1, 0.15) is 17.2 Å². The maximum Gasteiger partial charge on any atom is 0.134 e. The van der Waals surface area contributed by atoms with Crippen LogP contribution in [0.1, 0.15) is 44.1 Å². The Labute approximate surface area is 155 Å². The van der Waals surface area contributed by atoms with Crippen molar-refractivity contribution in [3.05, 3.63) is 60.0 Å². The van der Waals surface area contributed by atoms with Gasteiger partial charge in [0.15, 0.2) is 0 Å². The van der Waals surface area contributed by atoms with Crippen LogP contribution in [0, 0.1) is 5.92 Å². The fourth-order valence-electron chi connectivity index (χ4n) is 3.74. The minimum Gasteiger partial charge on any atom is -0.459 e. The van der Waals surface area contributed by atoms with Crippen molar-refractivity contribution in [2.45, 2.75) is 39.3 Å². The van der Waals surface area contributed by atoms with Gasteiger partial charge >= 0.3 is 0 Å². The smallest absolute Gasteiger partial charge is 0.134 e. The third kappa shape index (κ3) is 3.61. The van der Waals surface area contributed by atoms with Crippen molar-refractivity contribution in [2.24, 2.45) is 5.92 Å². The van der Waals surface area contributed by atoms with Gasteiger partial charge in [0.25, 0.3) is 0 Å². The number of nitrogens with zero attached hydrogens (tertiary/aromatic N) is 2. The Bertz CT molecular complexity index is 831. The number of fused-ring (bicyclic) bond motifs is 1. The van der Waals surface area contributed by atoms with E-state index in [1.807, 2.05) is 18.3 Å². The van der Waals surface area contributed by atoms with Crippen LogP contribution in [0.4, 0.5) is 5.82 Å². The highest BCUT2D eigenvalue weighted by Crippen LogP contribution is 2.28. The Morgan fingerprint density at radius 2 is 1.92 bits per heavy atom. The third-order valence-corrected chi connectivity index (χ3v) is 5.18. The van der Waals surface area contributed by atoms with Crippen LogP contribution in [0.2, 0.25) is 0 Å². The molecule has 1 fully saturated rings. The van der Waals surface area contributed by atoms with E-state index in [-0.39, 0.29) is 6.04 Å². The topological polar surface area (TPSA) is 41.3 Å². The largest absolute Gasteiger partial charge is 0.459 e. The molecule has 1 unspecified atom stereocenters. The van der Waals surface area contributed by atoms with Crippen LogP contribution in [-0.4, -0.2) is 18.1 Å². The first kappa shape index (κ1) is 17.1. The van der Waals surface area contributed by atoms with Crippen LogP contribution in [-0.2, 0) is 6.54 Å². The highest BCUT2D eigenvalue weighted by Gasteiger charge is 2.20. The molecule has 0 radical (unpaired) electrons. The molecule has 0 saturated carbocycles. The predicted octanol–water partition coefficient (Wildman–Crippen LogP) is 4.91. The highest BCUT2D eigenvalue weighted by atomic mass is 16.3. The summed E-state index contributed by atoms with van der Waals surface area (Å²) in [7, 11) is 0. The number of benzene rings is 1. The average molecular weight is 349 g/mol. The van der Waals surface area contributed by atoms with Gasteiger partial charge in [-0.25, -0.2) is 4.98 Å². The van der Waals surface area contributed by atoms with Crippen LogP contribution in [0.3, 0.4) is 0 Å². The maximum atomic E-state index is 6.10. The van der Waals surface area contributed by atoms with E-state index < -0.39 is 0 Å². The van der Waals surface area contributed by atoms with Gasteiger partial charge in [0.05, 0.1) is 6.04 Å². The number of anilines is 1. The average Bonchev–Trinajstić information content (AvgIpc) is 3.31. The molecule has 4 heteroatoms.